The van der Waals surface area contributed by atoms with Crippen LogP contribution in [0.2, 0.25) is 0 Å². The molecule has 3 heteroatoms. The molecule has 5 aliphatic carbocycles. The molecule has 5 aliphatic rings. The zero-order valence-corrected chi connectivity index (χ0v) is 15.7. The van der Waals surface area contributed by atoms with Gasteiger partial charge in [0.15, 0.2) is 11.6 Å². The fraction of sp³-hybridized carbons (Fsp3) is 0.864. The Hall–Kier alpha value is -0.700. The van der Waals surface area contributed by atoms with E-state index in [4.69, 9.17) is 4.74 Å². The summed E-state index contributed by atoms with van der Waals surface area (Å²) in [5.41, 5.74) is 1.12. The van der Waals surface area contributed by atoms with Gasteiger partial charge in [0.25, 0.3) is 0 Å². The SMILES string of the molecule is C[C@]12CCC(=O)C(F)=C1CC[C@@H]1[C@H]2CC[C@]2(C)C(OC3CC3)CC[C@@H]12. The lowest BCUT2D eigenvalue weighted by atomic mass is 9.47. The number of carbonyl (C=O) groups is 1. The molecule has 0 N–H and O–H groups in total. The monoisotopic (exact) mass is 346 g/mol. The molecule has 0 bridgehead atoms. The maximum Gasteiger partial charge on any atom is 0.191 e. The third-order valence-electron chi connectivity index (χ3n) is 8.85. The number of ketones is 1. The molecule has 1 unspecified atom stereocenters. The summed E-state index contributed by atoms with van der Waals surface area (Å²) in [4.78, 5) is 11.9. The van der Waals surface area contributed by atoms with Crippen LogP contribution in [0.3, 0.4) is 0 Å². The number of hydrogen-bond acceptors (Lipinski definition) is 2. The van der Waals surface area contributed by atoms with E-state index in [0.29, 0.717) is 35.9 Å². The van der Waals surface area contributed by atoms with Gasteiger partial charge in [-0.15, -0.1) is 0 Å². The highest BCUT2D eigenvalue weighted by atomic mass is 19.1. The number of fused-ring (bicyclic) bond motifs is 5. The van der Waals surface area contributed by atoms with Crippen LogP contribution in [0.1, 0.15) is 78.1 Å². The number of rotatable bonds is 2. The van der Waals surface area contributed by atoms with E-state index in [0.717, 1.165) is 30.8 Å². The first kappa shape index (κ1) is 16.5. The molecule has 0 aliphatic heterocycles. The Labute approximate surface area is 150 Å². The van der Waals surface area contributed by atoms with E-state index in [1.165, 1.54) is 38.5 Å². The molecule has 4 fully saturated rings. The van der Waals surface area contributed by atoms with Crippen molar-refractivity contribution in [3.8, 4) is 0 Å². The largest absolute Gasteiger partial charge is 0.374 e. The lowest BCUT2D eigenvalue weighted by Crippen LogP contribution is -2.52. The Kier molecular flexibility index (Phi) is 3.56. The first-order valence-corrected chi connectivity index (χ1v) is 10.5. The standard InChI is InChI=1S/C22H31FO2/c1-21-12-10-18(24)20(23)17(21)6-5-14-15-7-8-19(25-13-3-4-13)22(15,2)11-9-16(14)21/h13-16,19H,3-12H2,1-2H3/t14-,15-,16+,19?,21+,22-/m0/s1. The van der Waals surface area contributed by atoms with Gasteiger partial charge in [0.1, 0.15) is 0 Å². The Balaban J connectivity index is 1.44. The second-order valence-corrected chi connectivity index (χ2v) is 9.99. The normalized spacial score (nSPS) is 49.6. The van der Waals surface area contributed by atoms with Gasteiger partial charge in [-0.1, -0.05) is 13.8 Å². The maximum absolute atomic E-state index is 14.6. The minimum atomic E-state index is -0.373. The van der Waals surface area contributed by atoms with Gasteiger partial charge in [-0.25, -0.2) is 4.39 Å². The summed E-state index contributed by atoms with van der Waals surface area (Å²) in [5, 5.41) is 0. The van der Waals surface area contributed by atoms with E-state index < -0.39 is 0 Å². The van der Waals surface area contributed by atoms with Gasteiger partial charge in [0.05, 0.1) is 12.2 Å². The molecule has 0 saturated heterocycles. The Morgan fingerprint density at radius 1 is 0.960 bits per heavy atom. The van der Waals surface area contributed by atoms with E-state index >= 15 is 0 Å². The molecule has 6 atom stereocenters. The quantitative estimate of drug-likeness (QED) is 0.672. The summed E-state index contributed by atoms with van der Waals surface area (Å²) in [6, 6.07) is 0. The Bertz CT molecular complexity index is 636. The van der Waals surface area contributed by atoms with Crippen molar-refractivity contribution < 1.29 is 13.9 Å². The van der Waals surface area contributed by atoms with E-state index in [9.17, 15) is 9.18 Å². The Morgan fingerprint density at radius 3 is 2.52 bits per heavy atom. The molecule has 0 aromatic rings. The molecule has 0 aromatic carbocycles. The van der Waals surface area contributed by atoms with Gasteiger partial charge < -0.3 is 4.74 Å². The third kappa shape index (κ3) is 2.27. The fourth-order valence-corrected chi connectivity index (χ4v) is 7.26. The van der Waals surface area contributed by atoms with Crippen LogP contribution in [0.15, 0.2) is 11.4 Å². The minimum Gasteiger partial charge on any atom is -0.374 e. The van der Waals surface area contributed by atoms with Crippen LogP contribution in [0.25, 0.3) is 0 Å². The van der Waals surface area contributed by atoms with Crippen molar-refractivity contribution in [2.45, 2.75) is 90.3 Å². The summed E-state index contributed by atoms with van der Waals surface area (Å²) in [5.74, 6) is 1.37. The van der Waals surface area contributed by atoms with Crippen molar-refractivity contribution in [2.24, 2.45) is 28.6 Å². The molecular formula is C22H31FO2. The van der Waals surface area contributed by atoms with E-state index in [-0.39, 0.29) is 17.0 Å². The summed E-state index contributed by atoms with van der Waals surface area (Å²) >= 11 is 0. The minimum absolute atomic E-state index is 0.0717. The molecule has 0 aromatic heterocycles. The zero-order valence-electron chi connectivity index (χ0n) is 15.7. The third-order valence-corrected chi connectivity index (χ3v) is 8.85. The number of Topliss-reactive ketones (excluding diaryl/α,β-unsaturated/α-hetero) is 1. The average molecular weight is 346 g/mol. The van der Waals surface area contributed by atoms with Crippen LogP contribution in [0.5, 0.6) is 0 Å². The van der Waals surface area contributed by atoms with Gasteiger partial charge in [0.2, 0.25) is 0 Å². The molecule has 138 valence electrons. The van der Waals surface area contributed by atoms with E-state index in [1.54, 1.807) is 0 Å². The maximum atomic E-state index is 14.6. The summed E-state index contributed by atoms with van der Waals surface area (Å²) in [6.07, 6.45) is 11.5. The highest BCUT2D eigenvalue weighted by Crippen LogP contribution is 2.66. The first-order chi connectivity index (χ1) is 11.9. The molecule has 4 saturated carbocycles. The highest BCUT2D eigenvalue weighted by molar-refractivity contribution is 5.95. The predicted octanol–water partition coefficient (Wildman–Crippen LogP) is 5.36. The topological polar surface area (TPSA) is 26.3 Å². The highest BCUT2D eigenvalue weighted by Gasteiger charge is 2.60. The van der Waals surface area contributed by atoms with Gasteiger partial charge in [-0.3, -0.25) is 4.79 Å². The molecule has 0 amide bonds. The van der Waals surface area contributed by atoms with Crippen molar-refractivity contribution in [3.63, 3.8) is 0 Å². The molecule has 0 spiro atoms. The van der Waals surface area contributed by atoms with Crippen LogP contribution >= 0.6 is 0 Å². The smallest absolute Gasteiger partial charge is 0.191 e. The van der Waals surface area contributed by atoms with Crippen molar-refractivity contribution >= 4 is 5.78 Å². The summed E-state index contributed by atoms with van der Waals surface area (Å²) in [6.45, 7) is 4.74. The van der Waals surface area contributed by atoms with Crippen LogP contribution < -0.4 is 0 Å². The first-order valence-electron chi connectivity index (χ1n) is 10.5. The average Bonchev–Trinajstić information content (AvgIpc) is 3.34. The van der Waals surface area contributed by atoms with Crippen LogP contribution in [0, 0.1) is 28.6 Å². The van der Waals surface area contributed by atoms with Crippen LogP contribution in [0.4, 0.5) is 4.39 Å². The predicted molar refractivity (Wildman–Crippen MR) is 94.7 cm³/mol. The lowest BCUT2D eigenvalue weighted by Gasteiger charge is -2.58. The Morgan fingerprint density at radius 2 is 1.76 bits per heavy atom. The van der Waals surface area contributed by atoms with Crippen molar-refractivity contribution in [3.05, 3.63) is 11.4 Å². The van der Waals surface area contributed by atoms with Crippen LogP contribution in [-0.2, 0) is 9.53 Å². The number of ether oxygens (including phenoxy) is 1. The summed E-state index contributed by atoms with van der Waals surface area (Å²) < 4.78 is 21.0. The van der Waals surface area contributed by atoms with Gasteiger partial charge in [-0.2, -0.15) is 0 Å². The molecule has 0 heterocycles. The van der Waals surface area contributed by atoms with Crippen molar-refractivity contribution in [2.75, 3.05) is 0 Å². The molecular weight excluding hydrogens is 315 g/mol. The molecule has 25 heavy (non-hydrogen) atoms. The second kappa shape index (κ2) is 5.41. The molecule has 0 radical (unpaired) electrons. The second-order valence-electron chi connectivity index (χ2n) is 9.99. The van der Waals surface area contributed by atoms with Crippen molar-refractivity contribution in [1.29, 1.82) is 0 Å². The molecule has 5 rings (SSSR count). The summed E-state index contributed by atoms with van der Waals surface area (Å²) in [7, 11) is 0. The number of halogens is 1. The zero-order chi connectivity index (χ0) is 17.4. The van der Waals surface area contributed by atoms with Crippen LogP contribution in [-0.4, -0.2) is 18.0 Å². The van der Waals surface area contributed by atoms with E-state index in [2.05, 4.69) is 13.8 Å². The lowest BCUT2D eigenvalue weighted by molar-refractivity contribution is -0.122. The number of carbonyl (C=O) groups excluding carboxylic acids is 1. The number of allylic oxidation sites excluding steroid dienone is 1. The van der Waals surface area contributed by atoms with Crippen molar-refractivity contribution in [1.82, 2.24) is 0 Å². The molecule has 2 nitrogen and oxygen atoms in total. The van der Waals surface area contributed by atoms with E-state index in [1.807, 2.05) is 0 Å². The van der Waals surface area contributed by atoms with Gasteiger partial charge >= 0.3 is 0 Å². The number of hydrogen-bond donors (Lipinski definition) is 0. The fourth-order valence-electron chi connectivity index (χ4n) is 7.26. The van der Waals surface area contributed by atoms with Gasteiger partial charge in [-0.05, 0) is 91.9 Å². The van der Waals surface area contributed by atoms with Gasteiger partial charge in [0, 0.05) is 6.42 Å².